The summed E-state index contributed by atoms with van der Waals surface area (Å²) in [5, 5.41) is 7.98. The Morgan fingerprint density at radius 2 is 1.61 bits per heavy atom. The van der Waals surface area contributed by atoms with E-state index in [-0.39, 0.29) is 11.1 Å². The fourth-order valence-corrected chi connectivity index (χ4v) is 1.64. The van der Waals surface area contributed by atoms with Gasteiger partial charge in [-0.25, -0.2) is 0 Å². The summed E-state index contributed by atoms with van der Waals surface area (Å²) in [5.41, 5.74) is -1.09. The average molecular weight is 338 g/mol. The number of benzene rings is 1. The first-order valence-electron chi connectivity index (χ1n) is 5.78. The van der Waals surface area contributed by atoms with E-state index in [0.29, 0.717) is 0 Å². The number of aromatic nitrogens is 3. The molecule has 0 saturated carbocycles. The minimum Gasteiger partial charge on any atom is -0.423 e. The molecule has 6 nitrogen and oxygen atoms in total. The van der Waals surface area contributed by atoms with Crippen LogP contribution >= 0.6 is 0 Å². The van der Waals surface area contributed by atoms with Crippen molar-refractivity contribution in [3.8, 4) is 0 Å². The number of nitrogens with zero attached hydrogens (tertiary/aromatic N) is 3. The van der Waals surface area contributed by atoms with Gasteiger partial charge in [-0.3, -0.25) is 5.32 Å². The molecule has 2 aromatic heterocycles. The molecule has 0 atom stereocenters. The lowest BCUT2D eigenvalue weighted by Gasteiger charge is -2.04. The molecule has 12 heteroatoms. The fourth-order valence-electron chi connectivity index (χ4n) is 1.64. The third-order valence-corrected chi connectivity index (χ3v) is 2.60. The Labute approximate surface area is 122 Å². The van der Waals surface area contributed by atoms with Gasteiger partial charge in [0.1, 0.15) is 5.52 Å². The highest BCUT2D eigenvalue weighted by Crippen LogP contribution is 2.33. The maximum atomic E-state index is 12.6. The SMILES string of the molecule is FC(F)(F)c1ccc2oc(Nc3nnc(C(F)(F)F)o3)nc2c1. The van der Waals surface area contributed by atoms with Gasteiger partial charge in [-0.1, -0.05) is 5.10 Å². The highest BCUT2D eigenvalue weighted by atomic mass is 19.4. The van der Waals surface area contributed by atoms with Crippen molar-refractivity contribution in [2.75, 3.05) is 5.32 Å². The topological polar surface area (TPSA) is 77.0 Å². The molecule has 122 valence electrons. The summed E-state index contributed by atoms with van der Waals surface area (Å²) < 4.78 is 83.9. The Morgan fingerprint density at radius 3 is 2.22 bits per heavy atom. The molecule has 0 bridgehead atoms. The van der Waals surface area contributed by atoms with E-state index in [2.05, 4.69) is 24.9 Å². The second-order valence-electron chi connectivity index (χ2n) is 4.23. The highest BCUT2D eigenvalue weighted by Gasteiger charge is 2.38. The summed E-state index contributed by atoms with van der Waals surface area (Å²) in [5.74, 6) is -1.59. The number of hydrogen-bond donors (Lipinski definition) is 1. The average Bonchev–Trinajstić information content (AvgIpc) is 3.02. The zero-order valence-electron chi connectivity index (χ0n) is 10.7. The molecule has 23 heavy (non-hydrogen) atoms. The largest absolute Gasteiger partial charge is 0.470 e. The van der Waals surface area contributed by atoms with Crippen LogP contribution in [0, 0.1) is 0 Å². The smallest absolute Gasteiger partial charge is 0.423 e. The van der Waals surface area contributed by atoms with Crippen LogP contribution in [-0.4, -0.2) is 15.2 Å². The first-order chi connectivity index (χ1) is 10.6. The molecular weight excluding hydrogens is 334 g/mol. The lowest BCUT2D eigenvalue weighted by Crippen LogP contribution is -2.04. The second-order valence-corrected chi connectivity index (χ2v) is 4.23. The van der Waals surface area contributed by atoms with Crippen LogP contribution < -0.4 is 5.32 Å². The molecule has 1 N–H and O–H groups in total. The molecule has 1 aromatic carbocycles. The zero-order chi connectivity index (χ0) is 16.8. The Bertz CT molecular complexity index is 850. The normalized spacial score (nSPS) is 12.8. The van der Waals surface area contributed by atoms with Gasteiger partial charge in [-0.15, -0.1) is 5.10 Å². The zero-order valence-corrected chi connectivity index (χ0v) is 10.7. The molecule has 2 heterocycles. The van der Waals surface area contributed by atoms with Gasteiger partial charge in [0.25, 0.3) is 0 Å². The van der Waals surface area contributed by atoms with Gasteiger partial charge < -0.3 is 8.83 Å². The second kappa shape index (κ2) is 4.86. The maximum absolute atomic E-state index is 12.6. The number of hydrogen-bond acceptors (Lipinski definition) is 6. The van der Waals surface area contributed by atoms with Gasteiger partial charge in [0.05, 0.1) is 5.56 Å². The Hall–Kier alpha value is -2.79. The summed E-state index contributed by atoms with van der Waals surface area (Å²) in [6.45, 7) is 0. The number of alkyl halides is 6. The lowest BCUT2D eigenvalue weighted by molar-refractivity contribution is -0.156. The van der Waals surface area contributed by atoms with Gasteiger partial charge >= 0.3 is 30.3 Å². The predicted octanol–water partition coefficient (Wildman–Crippen LogP) is 3.99. The van der Waals surface area contributed by atoms with Gasteiger partial charge in [0.2, 0.25) is 0 Å². The van der Waals surface area contributed by atoms with Crippen molar-refractivity contribution in [3.63, 3.8) is 0 Å². The van der Waals surface area contributed by atoms with E-state index in [1.807, 2.05) is 0 Å². The van der Waals surface area contributed by atoms with Crippen LogP contribution in [-0.2, 0) is 12.4 Å². The molecule has 0 aliphatic heterocycles. The van der Waals surface area contributed by atoms with E-state index in [4.69, 9.17) is 4.42 Å². The molecule has 3 aromatic rings. The van der Waals surface area contributed by atoms with Crippen molar-refractivity contribution in [1.82, 2.24) is 15.2 Å². The third-order valence-electron chi connectivity index (χ3n) is 2.60. The van der Waals surface area contributed by atoms with E-state index < -0.39 is 35.8 Å². The van der Waals surface area contributed by atoms with E-state index in [1.165, 1.54) is 0 Å². The first kappa shape index (κ1) is 15.1. The van der Waals surface area contributed by atoms with Crippen molar-refractivity contribution in [2.45, 2.75) is 12.4 Å². The fraction of sp³-hybridized carbons (Fsp3) is 0.182. The van der Waals surface area contributed by atoms with Crippen LogP contribution in [0.3, 0.4) is 0 Å². The van der Waals surface area contributed by atoms with E-state index in [0.717, 1.165) is 18.2 Å². The van der Waals surface area contributed by atoms with Gasteiger partial charge in [0, 0.05) is 0 Å². The highest BCUT2D eigenvalue weighted by molar-refractivity contribution is 5.75. The van der Waals surface area contributed by atoms with E-state index in [9.17, 15) is 26.3 Å². The van der Waals surface area contributed by atoms with Crippen LogP contribution in [0.5, 0.6) is 0 Å². The minimum absolute atomic E-state index is 0.00365. The summed E-state index contributed by atoms with van der Waals surface area (Å²) >= 11 is 0. The molecule has 0 spiro atoms. The Kier molecular flexibility index (Phi) is 3.19. The number of anilines is 2. The minimum atomic E-state index is -4.82. The van der Waals surface area contributed by atoms with Gasteiger partial charge in [0.15, 0.2) is 5.58 Å². The van der Waals surface area contributed by atoms with Crippen molar-refractivity contribution in [3.05, 3.63) is 29.7 Å². The molecule has 0 unspecified atom stereocenters. The lowest BCUT2D eigenvalue weighted by atomic mass is 10.2. The molecule has 0 radical (unpaired) electrons. The third kappa shape index (κ3) is 3.05. The molecule has 3 rings (SSSR count). The molecule has 0 amide bonds. The maximum Gasteiger partial charge on any atom is 0.470 e. The summed E-state index contributed by atoms with van der Waals surface area (Å²) in [6.07, 6.45) is -9.38. The number of oxazole rings is 1. The summed E-state index contributed by atoms with van der Waals surface area (Å²) in [4.78, 5) is 3.67. The molecular formula is C11H4F6N4O2. The van der Waals surface area contributed by atoms with Crippen molar-refractivity contribution < 1.29 is 35.2 Å². The molecule has 0 aliphatic rings. The van der Waals surface area contributed by atoms with E-state index >= 15 is 0 Å². The number of fused-ring (bicyclic) bond motifs is 1. The summed E-state index contributed by atoms with van der Waals surface area (Å²) in [7, 11) is 0. The van der Waals surface area contributed by atoms with Crippen LogP contribution in [0.25, 0.3) is 11.1 Å². The predicted molar refractivity (Wildman–Crippen MR) is 61.6 cm³/mol. The van der Waals surface area contributed by atoms with E-state index in [1.54, 1.807) is 0 Å². The standard InChI is InChI=1S/C11H4F6N4O2/c12-10(13,14)4-1-2-6-5(3-4)18-8(22-6)19-9-21-20-7(23-9)11(15,16)17/h1-3H,(H,18,19,21). The van der Waals surface area contributed by atoms with Crippen molar-refractivity contribution in [2.24, 2.45) is 0 Å². The molecule has 0 saturated heterocycles. The van der Waals surface area contributed by atoms with Crippen molar-refractivity contribution >= 4 is 23.1 Å². The summed E-state index contributed by atoms with van der Waals surface area (Å²) in [6, 6.07) is 1.49. The monoisotopic (exact) mass is 338 g/mol. The van der Waals surface area contributed by atoms with Crippen LogP contribution in [0.1, 0.15) is 11.5 Å². The molecule has 0 aliphatic carbocycles. The van der Waals surface area contributed by atoms with Gasteiger partial charge in [-0.2, -0.15) is 31.3 Å². The number of rotatable bonds is 2. The van der Waals surface area contributed by atoms with Crippen molar-refractivity contribution in [1.29, 1.82) is 0 Å². The molecule has 0 fully saturated rings. The van der Waals surface area contributed by atoms with Crippen LogP contribution in [0.2, 0.25) is 0 Å². The van der Waals surface area contributed by atoms with Crippen LogP contribution in [0.4, 0.5) is 38.4 Å². The first-order valence-corrected chi connectivity index (χ1v) is 5.78. The Morgan fingerprint density at radius 1 is 0.870 bits per heavy atom. The quantitative estimate of drug-likeness (QED) is 0.712. The van der Waals surface area contributed by atoms with Gasteiger partial charge in [-0.05, 0) is 18.2 Å². The Balaban J connectivity index is 1.88. The number of nitrogens with one attached hydrogen (secondary N) is 1. The van der Waals surface area contributed by atoms with Crippen LogP contribution in [0.15, 0.2) is 27.0 Å². The number of halogens is 6.